The van der Waals surface area contributed by atoms with E-state index in [4.69, 9.17) is 10.00 Å². The van der Waals surface area contributed by atoms with Crippen LogP contribution in [0.2, 0.25) is 0 Å². The van der Waals surface area contributed by atoms with E-state index in [1.807, 2.05) is 18.0 Å². The van der Waals surface area contributed by atoms with Gasteiger partial charge in [0.25, 0.3) is 0 Å². The number of hydrogen-bond acceptors (Lipinski definition) is 3. The molecule has 1 rings (SSSR count). The molecule has 0 aliphatic rings. The lowest BCUT2D eigenvalue weighted by Gasteiger charge is -2.23. The average molecular weight is 260 g/mol. The highest BCUT2D eigenvalue weighted by atomic mass is 16.5. The molecule has 0 aromatic heterocycles. The number of methoxy groups -OCH3 is 1. The summed E-state index contributed by atoms with van der Waals surface area (Å²) >= 11 is 0. The van der Waals surface area contributed by atoms with Crippen LogP contribution in [-0.2, 0) is 11.8 Å². The van der Waals surface area contributed by atoms with E-state index in [9.17, 15) is 0 Å². The summed E-state index contributed by atoms with van der Waals surface area (Å²) in [6.45, 7) is 7.94. The van der Waals surface area contributed by atoms with Crippen molar-refractivity contribution in [2.45, 2.75) is 32.6 Å². The number of rotatable bonds is 5. The maximum absolute atomic E-state index is 8.64. The van der Waals surface area contributed by atoms with Crippen molar-refractivity contribution in [2.24, 2.45) is 0 Å². The molecular weight excluding hydrogens is 236 g/mol. The Labute approximate surface area is 116 Å². The van der Waals surface area contributed by atoms with Crippen LogP contribution in [0.1, 0.15) is 31.9 Å². The minimum absolute atomic E-state index is 0.0694. The molecule has 0 radical (unpaired) electrons. The maximum Gasteiger partial charge on any atom is 0.122 e. The van der Waals surface area contributed by atoms with Gasteiger partial charge < -0.3 is 4.74 Å². The molecule has 1 aromatic rings. The zero-order valence-corrected chi connectivity index (χ0v) is 12.7. The topological polar surface area (TPSA) is 36.3 Å². The van der Waals surface area contributed by atoms with Crippen LogP contribution in [0.5, 0.6) is 5.75 Å². The summed E-state index contributed by atoms with van der Waals surface area (Å²) in [5, 5.41) is 8.64. The van der Waals surface area contributed by atoms with Crippen molar-refractivity contribution in [1.82, 2.24) is 4.90 Å². The monoisotopic (exact) mass is 260 g/mol. The maximum atomic E-state index is 8.64. The standard InChI is InChI=1S/C16H24N2O/c1-16(2,3)14-12-13(6-7-15(14)19-5)8-10-18(4)11-9-17/h6-7,12H,8,10-11H2,1-5H3. The van der Waals surface area contributed by atoms with E-state index in [2.05, 4.69) is 39.0 Å². The van der Waals surface area contributed by atoms with E-state index in [0.717, 1.165) is 18.7 Å². The molecule has 0 amide bonds. The fourth-order valence-corrected chi connectivity index (χ4v) is 2.02. The van der Waals surface area contributed by atoms with Crippen molar-refractivity contribution in [3.05, 3.63) is 29.3 Å². The Morgan fingerprint density at radius 1 is 1.32 bits per heavy atom. The molecule has 0 saturated carbocycles. The first-order chi connectivity index (χ1) is 8.88. The number of likely N-dealkylation sites (N-methyl/N-ethyl adjacent to an activating group) is 1. The molecule has 0 N–H and O–H groups in total. The van der Waals surface area contributed by atoms with Crippen LogP contribution in [-0.4, -0.2) is 32.1 Å². The van der Waals surface area contributed by atoms with E-state index in [0.29, 0.717) is 6.54 Å². The number of benzene rings is 1. The summed E-state index contributed by atoms with van der Waals surface area (Å²) < 4.78 is 5.44. The Bertz CT molecular complexity index is 455. The molecule has 0 aliphatic carbocycles. The van der Waals surface area contributed by atoms with Crippen LogP contribution in [0.25, 0.3) is 0 Å². The minimum Gasteiger partial charge on any atom is -0.496 e. The first kappa shape index (κ1) is 15.5. The molecule has 0 fully saturated rings. The van der Waals surface area contributed by atoms with Crippen molar-refractivity contribution >= 4 is 0 Å². The molecule has 0 unspecified atom stereocenters. The highest BCUT2D eigenvalue weighted by molar-refractivity contribution is 5.41. The third-order valence-electron chi connectivity index (χ3n) is 3.19. The third-order valence-corrected chi connectivity index (χ3v) is 3.19. The van der Waals surface area contributed by atoms with Gasteiger partial charge in [0.1, 0.15) is 5.75 Å². The van der Waals surface area contributed by atoms with Gasteiger partial charge >= 0.3 is 0 Å². The Balaban J connectivity index is 2.85. The fourth-order valence-electron chi connectivity index (χ4n) is 2.02. The number of hydrogen-bond donors (Lipinski definition) is 0. The van der Waals surface area contributed by atoms with Crippen molar-refractivity contribution < 1.29 is 4.74 Å². The second-order valence-corrected chi connectivity index (χ2v) is 5.93. The van der Waals surface area contributed by atoms with Crippen molar-refractivity contribution in [2.75, 3.05) is 27.2 Å². The van der Waals surface area contributed by atoms with Crippen LogP contribution >= 0.6 is 0 Å². The van der Waals surface area contributed by atoms with Gasteiger partial charge in [-0.3, -0.25) is 4.90 Å². The molecule has 104 valence electrons. The molecule has 19 heavy (non-hydrogen) atoms. The Hall–Kier alpha value is -1.53. The number of ether oxygens (including phenoxy) is 1. The van der Waals surface area contributed by atoms with Gasteiger partial charge in [0.2, 0.25) is 0 Å². The van der Waals surface area contributed by atoms with Gasteiger partial charge in [-0.2, -0.15) is 5.26 Å². The highest BCUT2D eigenvalue weighted by Crippen LogP contribution is 2.32. The van der Waals surface area contributed by atoms with Crippen LogP contribution in [0.3, 0.4) is 0 Å². The first-order valence-electron chi connectivity index (χ1n) is 6.61. The fraction of sp³-hybridized carbons (Fsp3) is 0.562. The molecule has 1 aromatic carbocycles. The molecule has 3 nitrogen and oxygen atoms in total. The van der Waals surface area contributed by atoms with E-state index >= 15 is 0 Å². The van der Waals surface area contributed by atoms with Gasteiger partial charge in [-0.15, -0.1) is 0 Å². The van der Waals surface area contributed by atoms with Crippen LogP contribution < -0.4 is 4.74 Å². The Kier molecular flexibility index (Phi) is 5.38. The lowest BCUT2D eigenvalue weighted by Crippen LogP contribution is -2.21. The molecule has 0 heterocycles. The van der Waals surface area contributed by atoms with Gasteiger partial charge in [0, 0.05) is 6.54 Å². The van der Waals surface area contributed by atoms with Gasteiger partial charge in [0.05, 0.1) is 19.7 Å². The van der Waals surface area contributed by atoms with E-state index in [-0.39, 0.29) is 5.41 Å². The molecule has 0 saturated heterocycles. The van der Waals surface area contributed by atoms with Crippen molar-refractivity contribution in [3.63, 3.8) is 0 Å². The largest absolute Gasteiger partial charge is 0.496 e. The molecule has 0 atom stereocenters. The molecule has 3 heteroatoms. The van der Waals surface area contributed by atoms with Gasteiger partial charge in [0.15, 0.2) is 0 Å². The van der Waals surface area contributed by atoms with Crippen LogP contribution in [0, 0.1) is 11.3 Å². The van der Waals surface area contributed by atoms with E-state index < -0.39 is 0 Å². The minimum atomic E-state index is 0.0694. The lowest BCUT2D eigenvalue weighted by atomic mass is 9.85. The van der Waals surface area contributed by atoms with E-state index in [1.165, 1.54) is 11.1 Å². The quantitative estimate of drug-likeness (QED) is 0.764. The Morgan fingerprint density at radius 3 is 2.53 bits per heavy atom. The van der Waals surface area contributed by atoms with Gasteiger partial charge in [-0.05, 0) is 36.1 Å². The summed E-state index contributed by atoms with van der Waals surface area (Å²) in [5.74, 6) is 0.946. The predicted octanol–water partition coefficient (Wildman–Crippen LogP) is 2.99. The zero-order valence-electron chi connectivity index (χ0n) is 12.7. The van der Waals surface area contributed by atoms with Crippen molar-refractivity contribution in [3.8, 4) is 11.8 Å². The summed E-state index contributed by atoms with van der Waals surface area (Å²) in [6.07, 6.45) is 0.950. The van der Waals surface area contributed by atoms with Crippen LogP contribution in [0.4, 0.5) is 0 Å². The first-order valence-corrected chi connectivity index (χ1v) is 6.61. The molecule has 0 aliphatic heterocycles. The lowest BCUT2D eigenvalue weighted by molar-refractivity contribution is 0.378. The van der Waals surface area contributed by atoms with Gasteiger partial charge in [-0.25, -0.2) is 0 Å². The summed E-state index contributed by atoms with van der Waals surface area (Å²) in [7, 11) is 3.68. The third kappa shape index (κ3) is 4.57. The zero-order chi connectivity index (χ0) is 14.5. The smallest absolute Gasteiger partial charge is 0.122 e. The summed E-state index contributed by atoms with van der Waals surface area (Å²) in [4.78, 5) is 2.03. The molecule has 0 bridgehead atoms. The predicted molar refractivity (Wildman–Crippen MR) is 78.5 cm³/mol. The summed E-state index contributed by atoms with van der Waals surface area (Å²) in [5.41, 5.74) is 2.59. The van der Waals surface area contributed by atoms with Crippen molar-refractivity contribution in [1.29, 1.82) is 5.26 Å². The normalized spacial score (nSPS) is 11.4. The number of nitrogens with zero attached hydrogens (tertiary/aromatic N) is 2. The van der Waals surface area contributed by atoms with Gasteiger partial charge in [-0.1, -0.05) is 32.9 Å². The summed E-state index contributed by atoms with van der Waals surface area (Å²) in [6, 6.07) is 8.53. The average Bonchev–Trinajstić information content (AvgIpc) is 2.35. The second kappa shape index (κ2) is 6.58. The second-order valence-electron chi connectivity index (χ2n) is 5.93. The number of nitriles is 1. The Morgan fingerprint density at radius 2 is 2.00 bits per heavy atom. The molecular formula is C16H24N2O. The SMILES string of the molecule is COc1ccc(CCN(C)CC#N)cc1C(C)(C)C. The molecule has 0 spiro atoms. The highest BCUT2D eigenvalue weighted by Gasteiger charge is 2.19. The van der Waals surface area contributed by atoms with E-state index in [1.54, 1.807) is 7.11 Å². The van der Waals surface area contributed by atoms with Crippen LogP contribution in [0.15, 0.2) is 18.2 Å².